The molecule has 0 radical (unpaired) electrons. The second-order valence-electron chi connectivity index (χ2n) is 31.3. The van der Waals surface area contributed by atoms with E-state index in [2.05, 4.69) is 111 Å². The van der Waals surface area contributed by atoms with Gasteiger partial charge in [0.05, 0.1) is 123 Å². The van der Waals surface area contributed by atoms with Crippen LogP contribution < -0.4 is 113 Å². The minimum absolute atomic E-state index is 0. The van der Waals surface area contributed by atoms with E-state index >= 15 is 0 Å². The van der Waals surface area contributed by atoms with Crippen LogP contribution in [-0.4, -0.2) is 212 Å². The third kappa shape index (κ3) is 32.0. The number of hydrogen-bond donors (Lipinski definition) is 0. The Morgan fingerprint density at radius 3 is 1.35 bits per heavy atom. The Balaban J connectivity index is 0.000000227. The van der Waals surface area contributed by atoms with E-state index in [0.717, 1.165) is 198 Å². The Morgan fingerprint density at radius 1 is 0.576 bits per heavy atom. The quantitative estimate of drug-likeness (QED) is 0.0209. The summed E-state index contributed by atoms with van der Waals surface area (Å²) in [7, 11) is -6.18. The van der Waals surface area contributed by atoms with Gasteiger partial charge in [-0.1, -0.05) is 55.3 Å². The molecule has 11 heterocycles. The monoisotopic (exact) mass is 1850 g/mol. The first-order chi connectivity index (χ1) is 54.9. The minimum atomic E-state index is -5.84. The Labute approximate surface area is 807 Å². The summed E-state index contributed by atoms with van der Waals surface area (Å²) in [6, 6.07) is 24.2. The van der Waals surface area contributed by atoms with Crippen molar-refractivity contribution in [2.75, 3.05) is 105 Å². The number of morpholine rings is 3. The number of amides is 2. The summed E-state index contributed by atoms with van der Waals surface area (Å²) in [5.74, 6) is 0.110. The van der Waals surface area contributed by atoms with Gasteiger partial charge in [-0.05, 0) is 185 Å². The van der Waals surface area contributed by atoms with E-state index in [4.69, 9.17) is 92.6 Å². The summed E-state index contributed by atoms with van der Waals surface area (Å²) in [5.41, 5.74) is -0.686. The van der Waals surface area contributed by atoms with Gasteiger partial charge in [-0.15, -0.1) is 56.9 Å². The first-order valence-corrected chi connectivity index (χ1v) is 44.3. The van der Waals surface area contributed by atoms with Crippen molar-refractivity contribution in [3.05, 3.63) is 126 Å². The number of benzene rings is 4. The predicted molar refractivity (Wildman–Crippen MR) is 451 cm³/mol. The minimum Gasteiger partial charge on any atom is -1.00 e. The van der Waals surface area contributed by atoms with Gasteiger partial charge in [0, 0.05) is 81.2 Å². The molecule has 0 saturated carbocycles. The standard InChI is InChI=1S/C23H31N3O3S.C18H25BN2O3S.C12H13ClN2OS.C12H18F3NO5S.C8H5Cl2NS.C5H10O.CH2O3.2K.H/c1-16-5-7-19(26(14-16)22(27)29-23(2,3)4)17-6-8-20-18(13-17)24-21(30-20)15-25-9-11-28-12-10-25;1-17(2)18(3,4)24-19(23-17)13-5-6-15-14(11-13)20-16(25-15)12-21-7-9-22-10-8-21;13-9-1-2-11-10(7-9)14-12(17-11)8-15-3-5-16-6-4-15;1-8-5-6-9(21-22(18,19)12(13,14)15)16(7-8)10(17)20-11(2,3)4;9-4-8-11-6-3-5(10)1-2-7(6)12-8;1-2-4-6-5-3-1;2-1-4-3;;;/h6-8,13,16H,5,9-12,14-15H2,1-4H3;5-6,11H,7-10,12H2,1-4H3;1-2,7H,3-6,8H2;6,8H,5,7H2,1-4H3;1-3H,4H2;1-5H2;1,3H;;;/q;;;;;;;2*+1;-1/p-1/t16-;;;8-;;;;;;/m0..0....../s1. The van der Waals surface area contributed by atoms with Gasteiger partial charge < -0.3 is 53.5 Å². The van der Waals surface area contributed by atoms with Crippen LogP contribution >= 0.6 is 80.1 Å². The van der Waals surface area contributed by atoms with Crippen LogP contribution in [0.15, 0.2) is 90.8 Å². The Bertz CT molecular complexity index is 4710. The van der Waals surface area contributed by atoms with Crippen molar-refractivity contribution in [2.24, 2.45) is 11.8 Å². The van der Waals surface area contributed by atoms with Gasteiger partial charge in [0.15, 0.2) is 0 Å². The maximum Gasteiger partial charge on any atom is 1.00 e. The van der Waals surface area contributed by atoms with Gasteiger partial charge in [-0.2, -0.15) is 21.6 Å². The number of alkyl halides is 4. The normalized spacial score (nSPS) is 19.2. The molecule has 15 rings (SSSR count). The van der Waals surface area contributed by atoms with Crippen LogP contribution in [0.25, 0.3) is 46.6 Å². The number of thiazole rings is 4. The fraction of sp³-hybridized carbons (Fsp3) is 0.557. The molecule has 25 nitrogen and oxygen atoms in total. The summed E-state index contributed by atoms with van der Waals surface area (Å²) in [6.45, 7) is 38.6. The third-order valence-corrected chi connectivity index (χ3v) is 24.7. The van der Waals surface area contributed by atoms with Crippen LogP contribution in [-0.2, 0) is 87.2 Å². The molecule has 5 saturated heterocycles. The molecule has 39 heteroatoms. The first kappa shape index (κ1) is 102. The molecule has 638 valence electrons. The van der Waals surface area contributed by atoms with Gasteiger partial charge in [0.2, 0.25) is 5.88 Å². The van der Waals surface area contributed by atoms with Gasteiger partial charge in [0.25, 0.3) is 6.47 Å². The van der Waals surface area contributed by atoms with Crippen LogP contribution in [0.1, 0.15) is 142 Å². The fourth-order valence-corrected chi connectivity index (χ4v) is 17.0. The Hall–Kier alpha value is -2.72. The van der Waals surface area contributed by atoms with E-state index in [9.17, 15) is 31.2 Å². The number of aromatic nitrogens is 4. The van der Waals surface area contributed by atoms with Crippen molar-refractivity contribution in [3.63, 3.8) is 0 Å². The largest absolute Gasteiger partial charge is 1.00 e. The van der Waals surface area contributed by atoms with Gasteiger partial charge in [-0.3, -0.25) is 24.4 Å². The third-order valence-electron chi connectivity index (χ3n) is 18.8. The summed E-state index contributed by atoms with van der Waals surface area (Å²) >= 11 is 24.3. The van der Waals surface area contributed by atoms with Crippen LogP contribution in [0.3, 0.4) is 0 Å². The maximum absolute atomic E-state index is 12.9. The van der Waals surface area contributed by atoms with Crippen molar-refractivity contribution in [2.45, 2.75) is 169 Å². The zero-order valence-electron chi connectivity index (χ0n) is 70.4. The van der Waals surface area contributed by atoms with Gasteiger partial charge >= 0.3 is 138 Å². The second kappa shape index (κ2) is 47.7. The molecule has 0 aliphatic carbocycles. The second-order valence-corrected chi connectivity index (χ2v) is 38.4. The molecular formula is C79H104BCl3F3K2N9O16S5. The molecule has 7 aliphatic rings. The molecule has 4 aromatic heterocycles. The molecule has 0 spiro atoms. The maximum atomic E-state index is 12.9. The molecule has 8 aromatic rings. The number of allylic oxidation sites excluding steroid dienone is 2. The molecule has 5 fully saturated rings. The Kier molecular flexibility index (Phi) is 41.4. The van der Waals surface area contributed by atoms with Crippen molar-refractivity contribution in [1.29, 1.82) is 0 Å². The molecule has 0 bridgehead atoms. The van der Waals surface area contributed by atoms with Crippen molar-refractivity contribution < 1.29 is 192 Å². The van der Waals surface area contributed by atoms with E-state index < -0.39 is 38.8 Å². The summed E-state index contributed by atoms with van der Waals surface area (Å²) in [4.78, 5) is 64.5. The summed E-state index contributed by atoms with van der Waals surface area (Å²) < 4.78 is 112. The topological polar surface area (TPSA) is 268 Å². The van der Waals surface area contributed by atoms with Crippen molar-refractivity contribution >= 4 is 168 Å². The van der Waals surface area contributed by atoms with Crippen molar-refractivity contribution in [3.8, 4) is 0 Å². The van der Waals surface area contributed by atoms with E-state index in [1.165, 1.54) is 33.4 Å². The number of rotatable bonds is 12. The predicted octanol–water partition coefficient (Wildman–Crippen LogP) is 10.4. The Morgan fingerprint density at radius 2 is 0.949 bits per heavy atom. The number of carbonyl (C=O) groups excluding carboxylic acids is 3. The zero-order chi connectivity index (χ0) is 84.2. The average Bonchev–Trinajstić information content (AvgIpc) is 1.63. The van der Waals surface area contributed by atoms with Crippen LogP contribution in [0.5, 0.6) is 0 Å². The number of nitrogens with zero attached hydrogens (tertiary/aromatic N) is 9. The molecular weight excluding hydrogens is 1740 g/mol. The first-order valence-electron chi connectivity index (χ1n) is 38.3. The molecule has 118 heavy (non-hydrogen) atoms. The van der Waals surface area contributed by atoms with Gasteiger partial charge in [-0.25, -0.2) is 34.4 Å². The van der Waals surface area contributed by atoms with E-state index in [-0.39, 0.29) is 154 Å². The van der Waals surface area contributed by atoms with E-state index in [0.29, 0.717) is 23.4 Å². The van der Waals surface area contributed by atoms with Crippen molar-refractivity contribution in [1.82, 2.24) is 44.4 Å². The zero-order valence-corrected chi connectivity index (χ0v) is 82.0. The number of carbonyl (C=O) groups is 3. The average molecular weight is 1850 g/mol. The number of fused-ring (bicyclic) bond motifs is 4. The molecule has 0 unspecified atom stereocenters. The van der Waals surface area contributed by atoms with Crippen LogP contribution in [0, 0.1) is 11.8 Å². The molecule has 2 atom stereocenters. The molecule has 2 amide bonds. The fourth-order valence-electron chi connectivity index (χ4n) is 12.2. The smallest absolute Gasteiger partial charge is 1.00 e. The number of ether oxygens (including phenoxy) is 6. The number of hydrogen-bond acceptors (Lipinski definition) is 27. The van der Waals surface area contributed by atoms with Gasteiger partial charge in [0.1, 0.15) is 31.2 Å². The molecule has 4 aromatic carbocycles. The molecule has 0 N–H and O–H groups in total. The molecule has 7 aliphatic heterocycles. The summed E-state index contributed by atoms with van der Waals surface area (Å²) in [6.07, 6.45) is 7.18. The summed E-state index contributed by atoms with van der Waals surface area (Å²) in [5, 5.41) is 14.3. The number of halogens is 6. The SMILES string of the molecule is C1CCOCC1.CC1(C)OB(c2ccc3sc(CN4CCOCC4)nc3c2)OC1(C)C.C[C@H]1CC=C(OS(=O)(=O)C(F)(F)F)N(C(=O)OC(C)(C)C)C1.C[C@H]1CC=C(c2ccc3sc(CN4CCOCC4)nc3c2)N(C(=O)OC(C)(C)C)C1.ClCc1nc2cc(Cl)ccc2s1.Clc1ccc2sc(CN3CCOCC3)nc2c1.O=CO[O-].[H-].[K+].[K+]. The van der Waals surface area contributed by atoms with E-state index in [1.54, 1.807) is 77.9 Å². The van der Waals surface area contributed by atoms with Crippen LogP contribution in [0.4, 0.5) is 22.8 Å². The van der Waals surface area contributed by atoms with E-state index in [1.807, 2.05) is 57.2 Å². The van der Waals surface area contributed by atoms with Crippen LogP contribution in [0.2, 0.25) is 10.0 Å².